The lowest BCUT2D eigenvalue weighted by Gasteiger charge is -2.25. The molecule has 0 bridgehead atoms. The van der Waals surface area contributed by atoms with E-state index in [1.54, 1.807) is 12.4 Å². The van der Waals surface area contributed by atoms with Gasteiger partial charge in [0.15, 0.2) is 0 Å². The minimum Gasteiger partial charge on any atom is -0.315 e. The van der Waals surface area contributed by atoms with Crippen molar-refractivity contribution in [3.8, 4) is 0 Å². The monoisotopic (exact) mass is 191 g/mol. The average Bonchev–Trinajstić information content (AvgIpc) is 2.45. The zero-order valence-corrected chi connectivity index (χ0v) is 7.57. The first-order valence-electron chi connectivity index (χ1n) is 4.68. The lowest BCUT2D eigenvalue weighted by Crippen LogP contribution is -2.40. The zero-order valence-electron chi connectivity index (χ0n) is 7.57. The Morgan fingerprint density at radius 3 is 3.07 bits per heavy atom. The predicted molar refractivity (Wildman–Crippen MR) is 50.8 cm³/mol. The van der Waals surface area contributed by atoms with Crippen LogP contribution in [-0.2, 0) is 0 Å². The fraction of sp³-hybridized carbons (Fsp3) is 0.300. The Bertz CT molecular complexity index is 473. The molecule has 14 heavy (non-hydrogen) atoms. The van der Waals surface area contributed by atoms with Crippen molar-refractivity contribution in [3.63, 3.8) is 0 Å². The second kappa shape index (κ2) is 2.78. The summed E-state index contributed by atoms with van der Waals surface area (Å²) < 4.78 is 14.8. The van der Waals surface area contributed by atoms with Crippen LogP contribution in [0.25, 0.3) is 5.52 Å². The van der Waals surface area contributed by atoms with Crippen molar-refractivity contribution in [1.82, 2.24) is 14.7 Å². The standard InChI is InChI=1S/C10H10FN3/c11-8-1-2-14-9(3-8)6-13-10(14)7-4-12-5-7/h1-3,6-7,12H,4-5H2. The van der Waals surface area contributed by atoms with E-state index in [4.69, 9.17) is 0 Å². The van der Waals surface area contributed by atoms with Crippen molar-refractivity contribution in [2.75, 3.05) is 13.1 Å². The van der Waals surface area contributed by atoms with Gasteiger partial charge in [0, 0.05) is 25.2 Å². The van der Waals surface area contributed by atoms with Crippen LogP contribution in [0.1, 0.15) is 11.7 Å². The van der Waals surface area contributed by atoms with Crippen molar-refractivity contribution in [2.24, 2.45) is 0 Å². The van der Waals surface area contributed by atoms with E-state index in [0.717, 1.165) is 24.4 Å². The summed E-state index contributed by atoms with van der Waals surface area (Å²) in [6, 6.07) is 2.97. The van der Waals surface area contributed by atoms with Crippen LogP contribution in [0.4, 0.5) is 4.39 Å². The minimum absolute atomic E-state index is 0.212. The quantitative estimate of drug-likeness (QED) is 0.733. The predicted octanol–water partition coefficient (Wildman–Crippen LogP) is 1.16. The summed E-state index contributed by atoms with van der Waals surface area (Å²) in [6.07, 6.45) is 3.46. The van der Waals surface area contributed by atoms with Gasteiger partial charge in [0.25, 0.3) is 0 Å². The summed E-state index contributed by atoms with van der Waals surface area (Å²) in [4.78, 5) is 4.31. The number of hydrogen-bond donors (Lipinski definition) is 1. The van der Waals surface area contributed by atoms with Gasteiger partial charge >= 0.3 is 0 Å². The molecule has 1 aliphatic heterocycles. The molecular formula is C10H10FN3. The summed E-state index contributed by atoms with van der Waals surface area (Å²) in [7, 11) is 0. The Morgan fingerprint density at radius 1 is 1.50 bits per heavy atom. The van der Waals surface area contributed by atoms with Gasteiger partial charge in [-0.05, 0) is 12.1 Å². The van der Waals surface area contributed by atoms with Crippen molar-refractivity contribution in [2.45, 2.75) is 5.92 Å². The molecule has 0 amide bonds. The number of aromatic nitrogens is 2. The van der Waals surface area contributed by atoms with Gasteiger partial charge in [-0.3, -0.25) is 0 Å². The van der Waals surface area contributed by atoms with Crippen molar-refractivity contribution in [3.05, 3.63) is 36.2 Å². The molecule has 72 valence electrons. The first-order chi connectivity index (χ1) is 6.84. The number of halogens is 1. The molecular weight excluding hydrogens is 181 g/mol. The van der Waals surface area contributed by atoms with Gasteiger partial charge < -0.3 is 9.72 Å². The first kappa shape index (κ1) is 7.94. The fourth-order valence-electron chi connectivity index (χ4n) is 1.77. The number of rotatable bonds is 1. The molecule has 2 aromatic rings. The third kappa shape index (κ3) is 1.04. The smallest absolute Gasteiger partial charge is 0.126 e. The lowest BCUT2D eigenvalue weighted by molar-refractivity contribution is 0.429. The van der Waals surface area contributed by atoms with Crippen LogP contribution in [0, 0.1) is 5.82 Å². The largest absolute Gasteiger partial charge is 0.315 e. The number of fused-ring (bicyclic) bond motifs is 1. The Kier molecular flexibility index (Phi) is 1.58. The topological polar surface area (TPSA) is 29.3 Å². The van der Waals surface area contributed by atoms with Gasteiger partial charge in [0.1, 0.15) is 11.6 Å². The van der Waals surface area contributed by atoms with E-state index >= 15 is 0 Å². The average molecular weight is 191 g/mol. The van der Waals surface area contributed by atoms with Crippen LogP contribution in [0.5, 0.6) is 0 Å². The summed E-state index contributed by atoms with van der Waals surface area (Å²) >= 11 is 0. The SMILES string of the molecule is Fc1ccn2c(C3CNC3)ncc2c1. The number of nitrogens with one attached hydrogen (secondary N) is 1. The first-order valence-corrected chi connectivity index (χ1v) is 4.68. The lowest BCUT2D eigenvalue weighted by atomic mass is 10.0. The molecule has 0 atom stereocenters. The van der Waals surface area contributed by atoms with Gasteiger partial charge in [-0.25, -0.2) is 9.37 Å². The second-order valence-electron chi connectivity index (χ2n) is 3.61. The number of pyridine rings is 1. The van der Waals surface area contributed by atoms with Crippen molar-refractivity contribution in [1.29, 1.82) is 0 Å². The van der Waals surface area contributed by atoms with Crippen LogP contribution in [0.15, 0.2) is 24.5 Å². The van der Waals surface area contributed by atoms with Gasteiger partial charge in [-0.15, -0.1) is 0 Å². The highest BCUT2D eigenvalue weighted by Gasteiger charge is 2.22. The normalized spacial score (nSPS) is 17.2. The number of hydrogen-bond acceptors (Lipinski definition) is 2. The Hall–Kier alpha value is -1.42. The maximum absolute atomic E-state index is 12.9. The molecule has 3 nitrogen and oxygen atoms in total. The molecule has 1 saturated heterocycles. The molecule has 3 rings (SSSR count). The summed E-state index contributed by atoms with van der Waals surface area (Å²) in [5.41, 5.74) is 0.826. The molecule has 4 heteroatoms. The molecule has 0 radical (unpaired) electrons. The highest BCUT2D eigenvalue weighted by atomic mass is 19.1. The third-order valence-electron chi connectivity index (χ3n) is 2.67. The van der Waals surface area contributed by atoms with Gasteiger partial charge in [0.2, 0.25) is 0 Å². The van der Waals surface area contributed by atoms with Gasteiger partial charge in [-0.1, -0.05) is 0 Å². The van der Waals surface area contributed by atoms with Gasteiger partial charge in [0.05, 0.1) is 11.7 Å². The molecule has 0 aromatic carbocycles. The van der Waals surface area contributed by atoms with E-state index in [1.165, 1.54) is 12.1 Å². The van der Waals surface area contributed by atoms with Crippen LogP contribution in [0.3, 0.4) is 0 Å². The number of nitrogens with zero attached hydrogens (tertiary/aromatic N) is 2. The van der Waals surface area contributed by atoms with E-state index in [9.17, 15) is 4.39 Å². The van der Waals surface area contributed by atoms with E-state index in [1.807, 2.05) is 4.40 Å². The van der Waals surface area contributed by atoms with E-state index in [-0.39, 0.29) is 5.82 Å². The molecule has 0 saturated carbocycles. The maximum Gasteiger partial charge on any atom is 0.126 e. The molecule has 0 aliphatic carbocycles. The van der Waals surface area contributed by atoms with E-state index in [2.05, 4.69) is 10.3 Å². The highest BCUT2D eigenvalue weighted by molar-refractivity contribution is 5.46. The summed E-state index contributed by atoms with van der Waals surface area (Å²) in [5.74, 6) is 1.29. The molecule has 1 N–H and O–H groups in total. The molecule has 1 fully saturated rings. The van der Waals surface area contributed by atoms with Gasteiger partial charge in [-0.2, -0.15) is 0 Å². The summed E-state index contributed by atoms with van der Waals surface area (Å²) in [5, 5.41) is 3.20. The third-order valence-corrected chi connectivity index (χ3v) is 2.67. The van der Waals surface area contributed by atoms with Crippen molar-refractivity contribution < 1.29 is 4.39 Å². The molecule has 0 spiro atoms. The Balaban J connectivity index is 2.16. The van der Waals surface area contributed by atoms with Crippen LogP contribution >= 0.6 is 0 Å². The Morgan fingerprint density at radius 2 is 2.36 bits per heavy atom. The van der Waals surface area contributed by atoms with E-state index < -0.39 is 0 Å². The minimum atomic E-state index is -0.212. The second-order valence-corrected chi connectivity index (χ2v) is 3.61. The zero-order chi connectivity index (χ0) is 9.54. The summed E-state index contributed by atoms with van der Waals surface area (Å²) in [6.45, 7) is 1.94. The molecule has 0 unspecified atom stereocenters. The van der Waals surface area contributed by atoms with E-state index in [0.29, 0.717) is 5.92 Å². The Labute approximate surface area is 80.6 Å². The van der Waals surface area contributed by atoms with Crippen LogP contribution < -0.4 is 5.32 Å². The van der Waals surface area contributed by atoms with Crippen LogP contribution in [0.2, 0.25) is 0 Å². The molecule has 3 heterocycles. The maximum atomic E-state index is 12.9. The molecule has 2 aromatic heterocycles. The fourth-order valence-corrected chi connectivity index (χ4v) is 1.77. The number of imidazole rings is 1. The highest BCUT2D eigenvalue weighted by Crippen LogP contribution is 2.20. The van der Waals surface area contributed by atoms with Crippen molar-refractivity contribution >= 4 is 5.52 Å². The van der Waals surface area contributed by atoms with Crippen LogP contribution in [-0.4, -0.2) is 22.5 Å². The molecule has 1 aliphatic rings.